The molecule has 0 saturated heterocycles. The van der Waals surface area contributed by atoms with E-state index in [0.717, 1.165) is 25.1 Å². The minimum atomic E-state index is -0.520. The number of anilines is 1. The maximum atomic E-state index is 12.5. The van der Waals surface area contributed by atoms with Gasteiger partial charge in [0.05, 0.1) is 12.2 Å². The number of hydrogen-bond donors (Lipinski definition) is 2. The molecule has 3 atom stereocenters. The summed E-state index contributed by atoms with van der Waals surface area (Å²) in [5.74, 6) is 0.599. The van der Waals surface area contributed by atoms with Crippen molar-refractivity contribution in [3.8, 4) is 0 Å². The lowest BCUT2D eigenvalue weighted by molar-refractivity contribution is -0.119. The lowest BCUT2D eigenvalue weighted by atomic mass is 10.1. The molecular weight excluding hydrogens is 320 g/mol. The van der Waals surface area contributed by atoms with Gasteiger partial charge in [-0.15, -0.1) is 0 Å². The molecule has 1 heterocycles. The third-order valence-corrected chi connectivity index (χ3v) is 4.45. The van der Waals surface area contributed by atoms with Crippen LogP contribution in [0.4, 0.5) is 10.6 Å². The minimum Gasteiger partial charge on any atom is -0.444 e. The number of carbonyl (C=O) groups is 2. The first-order valence-corrected chi connectivity index (χ1v) is 9.03. The van der Waals surface area contributed by atoms with Crippen molar-refractivity contribution in [3.05, 3.63) is 12.3 Å². The molecule has 0 radical (unpaired) electrons. The fraction of sp³-hybridized carbons (Fsp3) is 0.722. The summed E-state index contributed by atoms with van der Waals surface area (Å²) in [4.78, 5) is 24.4. The largest absolute Gasteiger partial charge is 0.444 e. The van der Waals surface area contributed by atoms with Crippen molar-refractivity contribution < 1.29 is 14.3 Å². The van der Waals surface area contributed by atoms with Gasteiger partial charge >= 0.3 is 6.09 Å². The van der Waals surface area contributed by atoms with Crippen LogP contribution in [0, 0.1) is 5.92 Å². The number of hydrogen-bond acceptors (Lipinski definition) is 4. The van der Waals surface area contributed by atoms with Crippen molar-refractivity contribution in [2.45, 2.75) is 78.0 Å². The van der Waals surface area contributed by atoms with Gasteiger partial charge in [0.25, 0.3) is 0 Å². The zero-order valence-electron chi connectivity index (χ0n) is 15.8. The number of amides is 2. The Balaban J connectivity index is 1.86. The van der Waals surface area contributed by atoms with Gasteiger partial charge < -0.3 is 15.4 Å². The molecule has 1 aliphatic rings. The first-order chi connectivity index (χ1) is 11.7. The second-order valence-electron chi connectivity index (χ2n) is 7.76. The number of alkyl carbamates (subject to hydrolysis) is 1. The molecule has 1 saturated carbocycles. The minimum absolute atomic E-state index is 0.0152. The summed E-state index contributed by atoms with van der Waals surface area (Å²) in [6, 6.07) is 2.02. The van der Waals surface area contributed by atoms with Crippen LogP contribution in [0.2, 0.25) is 0 Å². The molecule has 1 fully saturated rings. The highest BCUT2D eigenvalue weighted by atomic mass is 16.6. The summed E-state index contributed by atoms with van der Waals surface area (Å²) >= 11 is 0. The van der Waals surface area contributed by atoms with Gasteiger partial charge in [0.15, 0.2) is 0 Å². The molecule has 0 aliphatic heterocycles. The van der Waals surface area contributed by atoms with Crippen LogP contribution in [0.5, 0.6) is 0 Å². The number of carbonyl (C=O) groups excluding carboxylic acids is 2. The lowest BCUT2D eigenvalue weighted by Gasteiger charge is -2.21. The molecule has 1 aromatic rings. The SMILES string of the molecule is CC[C@H](C)n1nccc1NC(=O)[C@H]1CC[C@H](NC(=O)OC(C)(C)C)C1. The van der Waals surface area contributed by atoms with Crippen LogP contribution in [-0.4, -0.2) is 33.4 Å². The van der Waals surface area contributed by atoms with Gasteiger partial charge in [-0.05, 0) is 53.4 Å². The summed E-state index contributed by atoms with van der Waals surface area (Å²) in [6.45, 7) is 9.65. The van der Waals surface area contributed by atoms with Gasteiger partial charge in [-0.25, -0.2) is 9.48 Å². The zero-order valence-corrected chi connectivity index (χ0v) is 15.8. The number of ether oxygens (including phenoxy) is 1. The van der Waals surface area contributed by atoms with Crippen molar-refractivity contribution in [2.75, 3.05) is 5.32 Å². The maximum Gasteiger partial charge on any atom is 0.407 e. The summed E-state index contributed by atoms with van der Waals surface area (Å²) in [6.07, 6.45) is 4.38. The van der Waals surface area contributed by atoms with Crippen LogP contribution in [0.3, 0.4) is 0 Å². The Bertz CT molecular complexity index is 606. The van der Waals surface area contributed by atoms with Gasteiger partial charge in [0.2, 0.25) is 5.91 Å². The predicted molar refractivity (Wildman–Crippen MR) is 96.4 cm³/mol. The van der Waals surface area contributed by atoms with E-state index < -0.39 is 11.7 Å². The highest BCUT2D eigenvalue weighted by Gasteiger charge is 2.32. The highest BCUT2D eigenvalue weighted by molar-refractivity contribution is 5.92. The number of nitrogens with one attached hydrogen (secondary N) is 2. The molecule has 2 N–H and O–H groups in total. The molecule has 2 amide bonds. The van der Waals surface area contributed by atoms with Gasteiger partial charge in [-0.3, -0.25) is 4.79 Å². The first kappa shape index (κ1) is 19.3. The average molecular weight is 350 g/mol. The highest BCUT2D eigenvalue weighted by Crippen LogP contribution is 2.27. The third-order valence-electron chi connectivity index (χ3n) is 4.45. The van der Waals surface area contributed by atoms with Crippen molar-refractivity contribution in [3.63, 3.8) is 0 Å². The van der Waals surface area contributed by atoms with Crippen molar-refractivity contribution in [1.82, 2.24) is 15.1 Å². The standard InChI is InChI=1S/C18H30N4O3/c1-6-12(2)22-15(9-10-19-22)21-16(23)13-7-8-14(11-13)20-17(24)25-18(3,4)5/h9-10,12-14H,6-8,11H2,1-5H3,(H,20,24)(H,21,23)/t12-,13-,14-/m0/s1. The van der Waals surface area contributed by atoms with Crippen LogP contribution in [-0.2, 0) is 9.53 Å². The predicted octanol–water partition coefficient (Wildman–Crippen LogP) is 3.49. The Labute approximate surface area is 149 Å². The van der Waals surface area contributed by atoms with Gasteiger partial charge in [0, 0.05) is 18.0 Å². The van der Waals surface area contributed by atoms with Crippen LogP contribution in [0.25, 0.3) is 0 Å². The summed E-state index contributed by atoms with van der Waals surface area (Å²) in [5, 5.41) is 10.1. The molecule has 0 unspecified atom stereocenters. The van der Waals surface area contributed by atoms with Crippen LogP contribution in [0.15, 0.2) is 12.3 Å². The van der Waals surface area contributed by atoms with E-state index in [1.807, 2.05) is 31.5 Å². The third kappa shape index (κ3) is 5.47. The Morgan fingerprint density at radius 2 is 2.12 bits per heavy atom. The van der Waals surface area contributed by atoms with E-state index in [9.17, 15) is 9.59 Å². The number of aromatic nitrogens is 2. The molecule has 7 nitrogen and oxygen atoms in total. The van der Waals surface area contributed by atoms with E-state index in [1.54, 1.807) is 6.20 Å². The monoisotopic (exact) mass is 350 g/mol. The summed E-state index contributed by atoms with van der Waals surface area (Å²) < 4.78 is 7.11. The summed E-state index contributed by atoms with van der Waals surface area (Å²) in [5.41, 5.74) is -0.520. The van der Waals surface area contributed by atoms with Crippen LogP contribution in [0.1, 0.15) is 66.3 Å². The van der Waals surface area contributed by atoms with Crippen LogP contribution >= 0.6 is 0 Å². The van der Waals surface area contributed by atoms with E-state index in [0.29, 0.717) is 6.42 Å². The van der Waals surface area contributed by atoms with Gasteiger partial charge in [-0.2, -0.15) is 5.10 Å². The number of rotatable bonds is 5. The Morgan fingerprint density at radius 1 is 1.40 bits per heavy atom. The van der Waals surface area contributed by atoms with Crippen molar-refractivity contribution >= 4 is 17.8 Å². The van der Waals surface area contributed by atoms with E-state index >= 15 is 0 Å². The maximum absolute atomic E-state index is 12.5. The Hall–Kier alpha value is -2.05. The molecule has 1 aliphatic carbocycles. The smallest absolute Gasteiger partial charge is 0.407 e. The molecule has 25 heavy (non-hydrogen) atoms. The lowest BCUT2D eigenvalue weighted by Crippen LogP contribution is -2.38. The van der Waals surface area contributed by atoms with E-state index in [2.05, 4.69) is 29.6 Å². The molecule has 2 rings (SSSR count). The number of nitrogens with zero attached hydrogens (tertiary/aromatic N) is 2. The topological polar surface area (TPSA) is 85.3 Å². The summed E-state index contributed by atoms with van der Waals surface area (Å²) in [7, 11) is 0. The fourth-order valence-electron chi connectivity index (χ4n) is 2.99. The first-order valence-electron chi connectivity index (χ1n) is 9.03. The second-order valence-corrected chi connectivity index (χ2v) is 7.76. The Morgan fingerprint density at radius 3 is 2.76 bits per heavy atom. The van der Waals surface area contributed by atoms with Crippen LogP contribution < -0.4 is 10.6 Å². The molecule has 0 aromatic carbocycles. The van der Waals surface area contributed by atoms with E-state index in [1.165, 1.54) is 0 Å². The molecule has 1 aromatic heterocycles. The molecular formula is C18H30N4O3. The fourth-order valence-corrected chi connectivity index (χ4v) is 2.99. The van der Waals surface area contributed by atoms with Crippen molar-refractivity contribution in [1.29, 1.82) is 0 Å². The van der Waals surface area contributed by atoms with Gasteiger partial charge in [0.1, 0.15) is 11.4 Å². The molecule has 0 spiro atoms. The quantitative estimate of drug-likeness (QED) is 0.851. The van der Waals surface area contributed by atoms with Crippen molar-refractivity contribution in [2.24, 2.45) is 5.92 Å². The molecule has 140 valence electrons. The van der Waals surface area contributed by atoms with E-state index in [4.69, 9.17) is 4.74 Å². The average Bonchev–Trinajstić information content (AvgIpc) is 3.13. The Kier molecular flexibility index (Phi) is 6.08. The second kappa shape index (κ2) is 7.89. The molecule has 0 bridgehead atoms. The normalized spacial score (nSPS) is 21.6. The zero-order chi connectivity index (χ0) is 18.6. The van der Waals surface area contributed by atoms with E-state index in [-0.39, 0.29) is 23.9 Å². The van der Waals surface area contributed by atoms with Gasteiger partial charge in [-0.1, -0.05) is 6.92 Å². The molecule has 7 heteroatoms.